The van der Waals surface area contributed by atoms with Crippen LogP contribution in [0.25, 0.3) is 0 Å². The van der Waals surface area contributed by atoms with Crippen molar-refractivity contribution in [1.82, 2.24) is 4.90 Å². The molecule has 6 heteroatoms. The fourth-order valence-corrected chi connectivity index (χ4v) is 2.61. The summed E-state index contributed by atoms with van der Waals surface area (Å²) >= 11 is 5.58. The molecule has 0 radical (unpaired) electrons. The first-order chi connectivity index (χ1) is 11.2. The van der Waals surface area contributed by atoms with Crippen LogP contribution in [0.2, 0.25) is 0 Å². The molecular weight excluding hydrogens is 312 g/mol. The lowest BCUT2D eigenvalue weighted by atomic mass is 10.2. The summed E-state index contributed by atoms with van der Waals surface area (Å²) in [4.78, 5) is 2.04. The number of ether oxygens (including phenoxy) is 2. The van der Waals surface area contributed by atoms with Crippen molar-refractivity contribution < 1.29 is 13.9 Å². The van der Waals surface area contributed by atoms with E-state index in [0.29, 0.717) is 18.3 Å². The monoisotopic (exact) mass is 334 g/mol. The summed E-state index contributed by atoms with van der Waals surface area (Å²) < 4.78 is 15.9. The Hall–Kier alpha value is -2.05. The summed E-state index contributed by atoms with van der Waals surface area (Å²) in [6.45, 7) is 3.28. The van der Waals surface area contributed by atoms with E-state index in [-0.39, 0.29) is 6.04 Å². The molecule has 1 N–H and O–H groups in total. The van der Waals surface area contributed by atoms with E-state index in [2.05, 4.69) is 5.32 Å². The van der Waals surface area contributed by atoms with Gasteiger partial charge < -0.3 is 24.1 Å². The molecule has 0 fully saturated rings. The molecule has 124 valence electrons. The number of anilines is 1. The second kappa shape index (κ2) is 8.55. The number of benzene rings is 1. The van der Waals surface area contributed by atoms with Gasteiger partial charge in [0.1, 0.15) is 11.5 Å². The fraction of sp³-hybridized carbons (Fsp3) is 0.353. The number of hydrogen-bond donors (Lipinski definition) is 1. The summed E-state index contributed by atoms with van der Waals surface area (Å²) in [5, 5.41) is 3.86. The number of rotatable bonds is 7. The topological polar surface area (TPSA) is 46.9 Å². The van der Waals surface area contributed by atoms with Crippen LogP contribution < -0.4 is 10.1 Å². The number of hydrogen-bond acceptors (Lipinski definition) is 4. The lowest BCUT2D eigenvalue weighted by Crippen LogP contribution is -2.38. The number of methoxy groups -OCH3 is 2. The Balaban J connectivity index is 2.12. The number of furan rings is 1. The van der Waals surface area contributed by atoms with E-state index in [1.165, 1.54) is 0 Å². The lowest BCUT2D eigenvalue weighted by molar-refractivity contribution is 0.160. The average molecular weight is 334 g/mol. The third-order valence-electron chi connectivity index (χ3n) is 3.54. The van der Waals surface area contributed by atoms with Gasteiger partial charge in [0.2, 0.25) is 0 Å². The van der Waals surface area contributed by atoms with Crippen LogP contribution in [0.3, 0.4) is 0 Å². The van der Waals surface area contributed by atoms with Crippen LogP contribution in [-0.2, 0) is 4.74 Å². The first-order valence-electron chi connectivity index (χ1n) is 7.39. The highest BCUT2D eigenvalue weighted by Crippen LogP contribution is 2.23. The van der Waals surface area contributed by atoms with Gasteiger partial charge in [-0.05, 0) is 43.4 Å². The molecule has 1 atom stereocenters. The first kappa shape index (κ1) is 17.3. The zero-order valence-corrected chi connectivity index (χ0v) is 14.4. The molecule has 0 unspecified atom stereocenters. The molecule has 0 saturated carbocycles. The third kappa shape index (κ3) is 4.71. The van der Waals surface area contributed by atoms with Gasteiger partial charge in [-0.3, -0.25) is 0 Å². The molecular formula is C17H22N2O3S. The molecule has 0 aliphatic carbocycles. The highest BCUT2D eigenvalue weighted by atomic mass is 32.1. The normalized spacial score (nSPS) is 11.8. The van der Waals surface area contributed by atoms with Crippen LogP contribution in [-0.4, -0.2) is 37.4 Å². The van der Waals surface area contributed by atoms with E-state index in [1.54, 1.807) is 20.5 Å². The van der Waals surface area contributed by atoms with E-state index in [1.807, 2.05) is 48.2 Å². The van der Waals surface area contributed by atoms with Crippen LogP contribution in [0.15, 0.2) is 47.1 Å². The minimum absolute atomic E-state index is 0.00533. The Kier molecular flexibility index (Phi) is 6.43. The molecule has 1 aromatic heterocycles. The van der Waals surface area contributed by atoms with Crippen molar-refractivity contribution in [2.45, 2.75) is 13.0 Å². The number of thiocarbonyl (C=S) groups is 1. The predicted molar refractivity (Wildman–Crippen MR) is 94.9 cm³/mol. The maximum Gasteiger partial charge on any atom is 0.174 e. The second-order valence-electron chi connectivity index (χ2n) is 5.04. The highest BCUT2D eigenvalue weighted by Gasteiger charge is 2.20. The van der Waals surface area contributed by atoms with E-state index in [0.717, 1.165) is 17.2 Å². The molecule has 2 rings (SSSR count). The molecule has 0 amide bonds. The Morgan fingerprint density at radius 3 is 2.78 bits per heavy atom. The Morgan fingerprint density at radius 2 is 2.13 bits per heavy atom. The minimum Gasteiger partial charge on any atom is -0.497 e. The molecule has 0 saturated heterocycles. The average Bonchev–Trinajstić information content (AvgIpc) is 3.09. The maximum absolute atomic E-state index is 5.58. The fourth-order valence-electron chi connectivity index (χ4n) is 2.24. The van der Waals surface area contributed by atoms with E-state index in [9.17, 15) is 0 Å². The van der Waals surface area contributed by atoms with Crippen molar-refractivity contribution in [2.75, 3.05) is 32.7 Å². The largest absolute Gasteiger partial charge is 0.497 e. The summed E-state index contributed by atoms with van der Waals surface area (Å²) in [6, 6.07) is 11.5. The van der Waals surface area contributed by atoms with Crippen molar-refractivity contribution in [3.63, 3.8) is 0 Å². The molecule has 0 aliphatic rings. The number of nitrogens with one attached hydrogen (secondary N) is 1. The Bertz CT molecular complexity index is 616. The molecule has 0 aliphatic heterocycles. The van der Waals surface area contributed by atoms with Gasteiger partial charge in [-0.1, -0.05) is 6.07 Å². The zero-order valence-electron chi connectivity index (χ0n) is 13.6. The van der Waals surface area contributed by atoms with Gasteiger partial charge in [-0.2, -0.15) is 0 Å². The van der Waals surface area contributed by atoms with Crippen LogP contribution >= 0.6 is 12.2 Å². The highest BCUT2D eigenvalue weighted by molar-refractivity contribution is 7.80. The summed E-state index contributed by atoms with van der Waals surface area (Å²) in [6.07, 6.45) is 1.67. The van der Waals surface area contributed by atoms with Crippen LogP contribution in [0.5, 0.6) is 5.75 Å². The third-order valence-corrected chi connectivity index (χ3v) is 3.88. The van der Waals surface area contributed by atoms with Gasteiger partial charge in [-0.15, -0.1) is 0 Å². The van der Waals surface area contributed by atoms with Crippen LogP contribution in [0, 0.1) is 0 Å². The molecule has 23 heavy (non-hydrogen) atoms. The quantitative estimate of drug-likeness (QED) is 0.779. The van der Waals surface area contributed by atoms with E-state index in [4.69, 9.17) is 26.1 Å². The summed E-state index contributed by atoms with van der Waals surface area (Å²) in [5.74, 6) is 1.64. The SMILES string of the molecule is COCCN(C(=S)Nc1cccc(OC)c1)[C@@H](C)c1ccco1. The van der Waals surface area contributed by atoms with Crippen LogP contribution in [0.4, 0.5) is 5.69 Å². The van der Waals surface area contributed by atoms with Crippen molar-refractivity contribution in [1.29, 1.82) is 0 Å². The zero-order chi connectivity index (χ0) is 16.7. The Morgan fingerprint density at radius 1 is 1.30 bits per heavy atom. The van der Waals surface area contributed by atoms with Crippen molar-refractivity contribution in [2.24, 2.45) is 0 Å². The molecule has 1 aromatic carbocycles. The van der Waals surface area contributed by atoms with Gasteiger partial charge in [-0.25, -0.2) is 0 Å². The van der Waals surface area contributed by atoms with Crippen LogP contribution in [0.1, 0.15) is 18.7 Å². The lowest BCUT2D eigenvalue weighted by Gasteiger charge is -2.30. The van der Waals surface area contributed by atoms with Gasteiger partial charge in [0.25, 0.3) is 0 Å². The van der Waals surface area contributed by atoms with Gasteiger partial charge in [0.15, 0.2) is 5.11 Å². The van der Waals surface area contributed by atoms with Gasteiger partial charge >= 0.3 is 0 Å². The minimum atomic E-state index is 0.00533. The standard InChI is InChI=1S/C17H22N2O3S/c1-13(16-8-5-10-22-16)19(9-11-20-2)17(23)18-14-6-4-7-15(12-14)21-3/h4-8,10,12-13H,9,11H2,1-3H3,(H,18,23)/t13-/m0/s1. The molecule has 5 nitrogen and oxygen atoms in total. The second-order valence-corrected chi connectivity index (χ2v) is 5.43. The molecule has 0 spiro atoms. The van der Waals surface area contributed by atoms with Crippen molar-refractivity contribution in [3.05, 3.63) is 48.4 Å². The summed E-state index contributed by atoms with van der Waals surface area (Å²) in [7, 11) is 3.32. The Labute approximate surface area is 142 Å². The number of nitrogens with zero attached hydrogens (tertiary/aromatic N) is 1. The van der Waals surface area contributed by atoms with Crippen molar-refractivity contribution in [3.8, 4) is 5.75 Å². The first-order valence-corrected chi connectivity index (χ1v) is 7.80. The van der Waals surface area contributed by atoms with Gasteiger partial charge in [0, 0.05) is 25.4 Å². The molecule has 0 bridgehead atoms. The van der Waals surface area contributed by atoms with E-state index < -0.39 is 0 Å². The summed E-state index contributed by atoms with van der Waals surface area (Å²) in [5.41, 5.74) is 0.878. The van der Waals surface area contributed by atoms with Gasteiger partial charge in [0.05, 0.1) is 26.0 Å². The van der Waals surface area contributed by atoms with E-state index >= 15 is 0 Å². The maximum atomic E-state index is 5.58. The predicted octanol–water partition coefficient (Wildman–Crippen LogP) is 3.69. The van der Waals surface area contributed by atoms with Crippen molar-refractivity contribution >= 4 is 23.0 Å². The molecule has 2 aromatic rings. The smallest absolute Gasteiger partial charge is 0.174 e. The molecule has 1 heterocycles.